The van der Waals surface area contributed by atoms with Gasteiger partial charge in [-0.1, -0.05) is 71.1 Å². The molecule has 0 heterocycles. The highest BCUT2D eigenvalue weighted by Crippen LogP contribution is 2.36. The lowest BCUT2D eigenvalue weighted by Gasteiger charge is -2.27. The van der Waals surface area contributed by atoms with Gasteiger partial charge in [0.25, 0.3) is 11.8 Å². The summed E-state index contributed by atoms with van der Waals surface area (Å²) in [5.74, 6) is -3.72. The molecule has 2 N–H and O–H groups in total. The van der Waals surface area contributed by atoms with E-state index in [1.165, 1.54) is 26.0 Å². The van der Waals surface area contributed by atoms with Gasteiger partial charge in [-0.2, -0.15) is 0 Å². The number of nitrogens with one attached hydrogen (secondary N) is 1. The average Bonchev–Trinajstić information content (AvgIpc) is 2.77. The zero-order valence-corrected chi connectivity index (χ0v) is 23.5. The van der Waals surface area contributed by atoms with Crippen molar-refractivity contribution in [3.8, 4) is 0 Å². The molecule has 1 amide bonds. The summed E-state index contributed by atoms with van der Waals surface area (Å²) in [7, 11) is 0. The van der Waals surface area contributed by atoms with E-state index in [9.17, 15) is 23.1 Å². The number of benzene rings is 1. The quantitative estimate of drug-likeness (QED) is 0.165. The number of anilines is 1. The van der Waals surface area contributed by atoms with E-state index in [-0.39, 0.29) is 16.9 Å². The maximum absolute atomic E-state index is 14.8. The topological polar surface area (TPSA) is 49.3 Å². The molecule has 1 aromatic carbocycles. The Morgan fingerprint density at radius 1 is 1.08 bits per heavy atom. The first-order valence-electron chi connectivity index (χ1n) is 12.5. The normalized spacial score (nSPS) is 14.0. The molecule has 0 aliphatic heterocycles. The molecular weight excluding hydrogens is 475 g/mol. The van der Waals surface area contributed by atoms with Crippen molar-refractivity contribution in [2.75, 3.05) is 5.32 Å². The molecule has 0 saturated heterocycles. The lowest BCUT2D eigenvalue weighted by molar-refractivity contribution is -0.112. The molecule has 0 fully saturated rings. The Morgan fingerprint density at radius 3 is 2.14 bits per heavy atom. The van der Waals surface area contributed by atoms with Gasteiger partial charge in [0.05, 0.1) is 5.57 Å². The number of amides is 1. The number of halogens is 3. The molecule has 204 valence electrons. The SMILES string of the molecule is C=C(C)/C(C(=O)Nc1ccc(C(C)(C)F)cc1C(/C=C\C(=C)C(C)(F)F)=C/C)=C(/O)C(C)(C)CCCC. The third-order valence-corrected chi connectivity index (χ3v) is 6.29. The third-order valence-electron chi connectivity index (χ3n) is 6.29. The van der Waals surface area contributed by atoms with Gasteiger partial charge in [-0.3, -0.25) is 4.79 Å². The highest BCUT2D eigenvalue weighted by atomic mass is 19.3. The van der Waals surface area contributed by atoms with Crippen molar-refractivity contribution in [1.82, 2.24) is 0 Å². The fraction of sp³-hybridized carbons (Fsp3) is 0.452. The number of unbranched alkanes of at least 4 members (excludes halogenated alkanes) is 1. The van der Waals surface area contributed by atoms with E-state index in [1.807, 2.05) is 13.8 Å². The smallest absolute Gasteiger partial charge is 0.269 e. The van der Waals surface area contributed by atoms with Crippen molar-refractivity contribution < 1.29 is 23.1 Å². The summed E-state index contributed by atoms with van der Waals surface area (Å²) in [4.78, 5) is 13.4. The Hall–Kier alpha value is -3.02. The van der Waals surface area contributed by atoms with Crippen LogP contribution in [0.3, 0.4) is 0 Å². The van der Waals surface area contributed by atoms with Gasteiger partial charge in [0.2, 0.25) is 0 Å². The van der Waals surface area contributed by atoms with Crippen LogP contribution in [-0.4, -0.2) is 16.9 Å². The monoisotopic (exact) mass is 517 g/mol. The van der Waals surface area contributed by atoms with Crippen molar-refractivity contribution in [1.29, 1.82) is 0 Å². The Bertz CT molecular complexity index is 1110. The minimum atomic E-state index is -3.10. The number of hydrogen-bond acceptors (Lipinski definition) is 2. The summed E-state index contributed by atoms with van der Waals surface area (Å²) in [6.07, 6.45) is 6.85. The number of aliphatic hydroxyl groups excluding tert-OH is 1. The molecule has 0 spiro atoms. The van der Waals surface area contributed by atoms with E-state index in [2.05, 4.69) is 25.4 Å². The van der Waals surface area contributed by atoms with Gasteiger partial charge in [0.1, 0.15) is 11.4 Å². The van der Waals surface area contributed by atoms with E-state index < -0.39 is 22.9 Å². The molecule has 0 atom stereocenters. The Morgan fingerprint density at radius 2 is 1.68 bits per heavy atom. The van der Waals surface area contributed by atoms with Crippen molar-refractivity contribution in [2.45, 2.75) is 86.2 Å². The molecule has 37 heavy (non-hydrogen) atoms. The molecule has 0 aromatic heterocycles. The van der Waals surface area contributed by atoms with Gasteiger partial charge < -0.3 is 10.4 Å². The fourth-order valence-electron chi connectivity index (χ4n) is 3.70. The van der Waals surface area contributed by atoms with Crippen LogP contribution in [0.5, 0.6) is 0 Å². The first-order chi connectivity index (χ1) is 16.9. The molecular formula is C31H42F3NO2. The Balaban J connectivity index is 3.64. The molecule has 0 unspecified atom stereocenters. The molecule has 0 radical (unpaired) electrons. The second-order valence-corrected chi connectivity index (χ2v) is 10.7. The summed E-state index contributed by atoms with van der Waals surface area (Å²) in [5.41, 5.74) is -0.608. The zero-order chi connectivity index (χ0) is 28.8. The maximum Gasteiger partial charge on any atom is 0.269 e. The molecule has 0 bridgehead atoms. The predicted octanol–water partition coefficient (Wildman–Crippen LogP) is 9.61. The summed E-state index contributed by atoms with van der Waals surface area (Å²) in [6.45, 7) is 20.1. The lowest BCUT2D eigenvalue weighted by Crippen LogP contribution is -2.24. The molecule has 1 rings (SSSR count). The van der Waals surface area contributed by atoms with Crippen LogP contribution in [0.2, 0.25) is 0 Å². The average molecular weight is 518 g/mol. The van der Waals surface area contributed by atoms with E-state index in [0.29, 0.717) is 34.4 Å². The van der Waals surface area contributed by atoms with Gasteiger partial charge >= 0.3 is 0 Å². The molecule has 6 heteroatoms. The summed E-state index contributed by atoms with van der Waals surface area (Å²) in [5, 5.41) is 13.9. The van der Waals surface area contributed by atoms with Crippen LogP contribution in [0.4, 0.5) is 18.9 Å². The van der Waals surface area contributed by atoms with E-state index >= 15 is 0 Å². The lowest BCUT2D eigenvalue weighted by atomic mass is 9.82. The van der Waals surface area contributed by atoms with Gasteiger partial charge in [-0.05, 0) is 63.0 Å². The summed E-state index contributed by atoms with van der Waals surface area (Å²) < 4.78 is 42.1. The second kappa shape index (κ2) is 12.5. The van der Waals surface area contributed by atoms with Crippen LogP contribution in [0.25, 0.3) is 5.57 Å². The Labute approximate surface area is 220 Å². The second-order valence-electron chi connectivity index (χ2n) is 10.7. The molecule has 3 nitrogen and oxygen atoms in total. The first-order valence-corrected chi connectivity index (χ1v) is 12.5. The fourth-order valence-corrected chi connectivity index (χ4v) is 3.70. The van der Waals surface area contributed by atoms with Crippen molar-refractivity contribution in [2.24, 2.45) is 5.41 Å². The van der Waals surface area contributed by atoms with Crippen molar-refractivity contribution >= 4 is 17.2 Å². The number of alkyl halides is 3. The van der Waals surface area contributed by atoms with Gasteiger partial charge in [0.15, 0.2) is 0 Å². The van der Waals surface area contributed by atoms with E-state index in [0.717, 1.165) is 19.8 Å². The zero-order valence-electron chi connectivity index (χ0n) is 23.5. The Kier molecular flexibility index (Phi) is 10.8. The molecule has 0 aliphatic carbocycles. The van der Waals surface area contributed by atoms with Crippen molar-refractivity contribution in [3.05, 3.63) is 83.2 Å². The highest BCUT2D eigenvalue weighted by Gasteiger charge is 2.30. The van der Waals surface area contributed by atoms with Gasteiger partial charge in [0, 0.05) is 29.2 Å². The molecule has 1 aromatic rings. The first kappa shape index (κ1) is 32.0. The summed E-state index contributed by atoms with van der Waals surface area (Å²) in [6, 6.07) is 4.71. The molecule has 0 saturated carbocycles. The number of aliphatic hydroxyl groups is 1. The number of rotatable bonds is 12. The van der Waals surface area contributed by atoms with Crippen LogP contribution in [-0.2, 0) is 10.5 Å². The number of allylic oxidation sites excluding steroid dienone is 6. The van der Waals surface area contributed by atoms with E-state index in [4.69, 9.17) is 0 Å². The standard InChI is InChI=1S/C31H42F3NO2/c1-11-13-18-29(6,7)27(36)26(20(3)4)28(37)35-25-17-16-23(30(8,9)32)19-24(25)22(12-2)15-14-21(5)31(10,33)34/h12,14-17,19,36H,3,5,11,13,18H2,1-2,4,6-10H3,(H,35,37)/b15-14-,22-12+,27-26-. The number of carbonyl (C=O) groups is 1. The van der Waals surface area contributed by atoms with Crippen LogP contribution < -0.4 is 5.32 Å². The number of hydrogen-bond donors (Lipinski definition) is 2. The van der Waals surface area contributed by atoms with Crippen LogP contribution in [0.1, 0.15) is 85.8 Å². The minimum absolute atomic E-state index is 0.0540. The van der Waals surface area contributed by atoms with Crippen LogP contribution in [0, 0.1) is 5.41 Å². The van der Waals surface area contributed by atoms with Gasteiger partial charge in [-0.15, -0.1) is 0 Å². The van der Waals surface area contributed by atoms with Crippen molar-refractivity contribution in [3.63, 3.8) is 0 Å². The number of carbonyl (C=O) groups excluding carboxylic acids is 1. The summed E-state index contributed by atoms with van der Waals surface area (Å²) >= 11 is 0. The third kappa shape index (κ3) is 8.80. The largest absolute Gasteiger partial charge is 0.511 e. The van der Waals surface area contributed by atoms with Gasteiger partial charge in [-0.25, -0.2) is 13.2 Å². The van der Waals surface area contributed by atoms with E-state index in [1.54, 1.807) is 38.1 Å². The molecule has 0 aliphatic rings. The predicted molar refractivity (Wildman–Crippen MR) is 150 cm³/mol. The maximum atomic E-state index is 14.8. The highest BCUT2D eigenvalue weighted by molar-refractivity contribution is 6.08. The van der Waals surface area contributed by atoms with Crippen LogP contribution >= 0.6 is 0 Å². The minimum Gasteiger partial charge on any atom is -0.511 e. The van der Waals surface area contributed by atoms with Crippen LogP contribution in [0.15, 0.2) is 72.1 Å².